The summed E-state index contributed by atoms with van der Waals surface area (Å²) in [6.45, 7) is 6.17. The van der Waals surface area contributed by atoms with Gasteiger partial charge in [-0.1, -0.05) is 45.0 Å². The first kappa shape index (κ1) is 17.7. The Balaban J connectivity index is 1.87. The number of phenolic OH excluding ortho intramolecular Hbond substituents is 1. The molecule has 3 aromatic rings. The number of aromatic hydroxyl groups is 1. The monoisotopic (exact) mass is 351 g/mol. The van der Waals surface area contributed by atoms with Crippen LogP contribution in [0, 0.1) is 0 Å². The maximum absolute atomic E-state index is 12.5. The van der Waals surface area contributed by atoms with Crippen LogP contribution in [0.1, 0.15) is 32.0 Å². The number of benzene rings is 2. The number of amides is 1. The van der Waals surface area contributed by atoms with Crippen molar-refractivity contribution in [2.45, 2.75) is 32.6 Å². The number of hydrogen-bond donors (Lipinski definition) is 3. The van der Waals surface area contributed by atoms with Gasteiger partial charge in [0.1, 0.15) is 5.75 Å². The Morgan fingerprint density at radius 3 is 2.54 bits per heavy atom. The lowest BCUT2D eigenvalue weighted by molar-refractivity contribution is -0.115. The lowest BCUT2D eigenvalue weighted by Crippen LogP contribution is -2.19. The number of nitrogens with one attached hydrogen (secondary N) is 2. The third-order valence-electron chi connectivity index (χ3n) is 4.24. The average Bonchev–Trinajstić information content (AvgIpc) is 2.58. The first-order chi connectivity index (χ1) is 12.3. The molecule has 3 N–H and O–H groups in total. The van der Waals surface area contributed by atoms with Crippen LogP contribution >= 0.6 is 0 Å². The van der Waals surface area contributed by atoms with Crippen LogP contribution in [0.25, 0.3) is 10.8 Å². The molecule has 0 saturated carbocycles. The second-order valence-electron chi connectivity index (χ2n) is 7.25. The lowest BCUT2D eigenvalue weighted by Gasteiger charge is -2.20. The van der Waals surface area contributed by atoms with E-state index in [-0.39, 0.29) is 29.1 Å². The summed E-state index contributed by atoms with van der Waals surface area (Å²) < 4.78 is 0. The Morgan fingerprint density at radius 1 is 1.15 bits per heavy atom. The maximum Gasteiger partial charge on any atom is 0.272 e. The second kappa shape index (κ2) is 6.63. The summed E-state index contributed by atoms with van der Waals surface area (Å²) >= 11 is 0. The molecule has 0 radical (unpaired) electrons. The zero-order chi connectivity index (χ0) is 18.9. The number of nitrogens with zero attached hydrogens (tertiary/aromatic N) is 1. The van der Waals surface area contributed by atoms with Gasteiger partial charge in [-0.25, -0.2) is 5.10 Å². The molecule has 134 valence electrons. The van der Waals surface area contributed by atoms with E-state index in [0.717, 1.165) is 5.56 Å². The maximum atomic E-state index is 12.5. The minimum atomic E-state index is -0.323. The van der Waals surface area contributed by atoms with Crippen molar-refractivity contribution < 1.29 is 9.90 Å². The van der Waals surface area contributed by atoms with Crippen LogP contribution in [0.15, 0.2) is 47.3 Å². The van der Waals surface area contributed by atoms with Crippen LogP contribution in [0.5, 0.6) is 5.75 Å². The summed E-state index contributed by atoms with van der Waals surface area (Å²) in [6, 6.07) is 12.2. The number of fused-ring (bicyclic) bond motifs is 1. The van der Waals surface area contributed by atoms with E-state index in [9.17, 15) is 14.7 Å². The Labute approximate surface area is 150 Å². The van der Waals surface area contributed by atoms with Crippen molar-refractivity contribution in [1.29, 1.82) is 0 Å². The average molecular weight is 351 g/mol. The van der Waals surface area contributed by atoms with E-state index in [0.29, 0.717) is 22.2 Å². The van der Waals surface area contributed by atoms with Crippen LogP contribution in [0.2, 0.25) is 0 Å². The summed E-state index contributed by atoms with van der Waals surface area (Å²) in [7, 11) is 0. The Kier molecular flexibility index (Phi) is 4.50. The number of H-pyrrole nitrogens is 1. The molecule has 0 aliphatic rings. The second-order valence-corrected chi connectivity index (χ2v) is 7.25. The fraction of sp³-hybridized carbons (Fsp3) is 0.250. The molecule has 6 nitrogen and oxygen atoms in total. The molecule has 3 rings (SSSR count). The minimum Gasteiger partial charge on any atom is -0.506 e. The van der Waals surface area contributed by atoms with Gasteiger partial charge in [0.25, 0.3) is 5.56 Å². The standard InChI is InChI=1S/C20H21N3O3/c1-20(2,3)12-8-9-17(24)16(10-12)21-18(25)11-15-13-6-4-5-7-14(13)19(26)23-22-15/h4-10,24H,11H2,1-3H3,(H,21,25)(H,23,26). The van der Waals surface area contributed by atoms with E-state index in [1.807, 2.05) is 6.07 Å². The van der Waals surface area contributed by atoms with Gasteiger partial charge < -0.3 is 10.4 Å². The highest BCUT2D eigenvalue weighted by atomic mass is 16.3. The molecular formula is C20H21N3O3. The summed E-state index contributed by atoms with van der Waals surface area (Å²) in [6.07, 6.45) is -0.0174. The minimum absolute atomic E-state index is 0.00522. The topological polar surface area (TPSA) is 95.1 Å². The molecule has 0 saturated heterocycles. The number of aromatic amines is 1. The van der Waals surface area contributed by atoms with E-state index in [4.69, 9.17) is 0 Å². The van der Waals surface area contributed by atoms with E-state index in [2.05, 4.69) is 36.3 Å². The molecule has 0 aliphatic heterocycles. The van der Waals surface area contributed by atoms with Gasteiger partial charge in [0.15, 0.2) is 0 Å². The number of aromatic nitrogens is 2. The molecule has 0 atom stereocenters. The number of phenols is 1. The van der Waals surface area contributed by atoms with Crippen LogP contribution in [0.4, 0.5) is 5.69 Å². The molecule has 0 aliphatic carbocycles. The predicted molar refractivity (Wildman–Crippen MR) is 102 cm³/mol. The van der Waals surface area contributed by atoms with Gasteiger partial charge in [0.05, 0.1) is 23.2 Å². The third-order valence-corrected chi connectivity index (χ3v) is 4.24. The zero-order valence-electron chi connectivity index (χ0n) is 15.0. The summed E-state index contributed by atoms with van der Waals surface area (Å²) in [5.41, 5.74) is 1.43. The first-order valence-electron chi connectivity index (χ1n) is 8.35. The van der Waals surface area contributed by atoms with Crippen molar-refractivity contribution in [3.05, 3.63) is 64.1 Å². The number of rotatable bonds is 3. The van der Waals surface area contributed by atoms with Crippen molar-refractivity contribution in [2.24, 2.45) is 0 Å². The summed E-state index contributed by atoms with van der Waals surface area (Å²) in [5.74, 6) is -0.318. The number of carbonyl (C=O) groups excluding carboxylic acids is 1. The lowest BCUT2D eigenvalue weighted by atomic mass is 9.87. The van der Waals surface area contributed by atoms with Crippen molar-refractivity contribution >= 4 is 22.4 Å². The van der Waals surface area contributed by atoms with Crippen molar-refractivity contribution in [3.63, 3.8) is 0 Å². The fourth-order valence-electron chi connectivity index (χ4n) is 2.76. The molecule has 2 aromatic carbocycles. The molecule has 1 aromatic heterocycles. The smallest absolute Gasteiger partial charge is 0.272 e. The molecule has 0 unspecified atom stereocenters. The molecule has 6 heteroatoms. The number of carbonyl (C=O) groups is 1. The van der Waals surface area contributed by atoms with Crippen LogP contribution in [-0.4, -0.2) is 21.2 Å². The highest BCUT2D eigenvalue weighted by Crippen LogP contribution is 2.30. The predicted octanol–water partition coefficient (Wildman–Crippen LogP) is 3.11. The van der Waals surface area contributed by atoms with E-state index < -0.39 is 0 Å². The number of hydrogen-bond acceptors (Lipinski definition) is 4. The van der Waals surface area contributed by atoms with Crippen LogP contribution in [-0.2, 0) is 16.6 Å². The van der Waals surface area contributed by atoms with Gasteiger partial charge in [-0.2, -0.15) is 5.10 Å². The molecule has 0 spiro atoms. The SMILES string of the molecule is CC(C)(C)c1ccc(O)c(NC(=O)Cc2n[nH]c(=O)c3ccccc23)c1. The van der Waals surface area contributed by atoms with E-state index in [1.54, 1.807) is 36.4 Å². The highest BCUT2D eigenvalue weighted by molar-refractivity contribution is 5.96. The summed E-state index contributed by atoms with van der Waals surface area (Å²) in [5, 5.41) is 20.3. The molecular weight excluding hydrogens is 330 g/mol. The number of anilines is 1. The molecule has 1 amide bonds. The molecule has 1 heterocycles. The molecule has 0 fully saturated rings. The van der Waals surface area contributed by atoms with E-state index >= 15 is 0 Å². The molecule has 0 bridgehead atoms. The van der Waals surface area contributed by atoms with Crippen LogP contribution < -0.4 is 10.9 Å². The van der Waals surface area contributed by atoms with E-state index in [1.165, 1.54) is 0 Å². The van der Waals surface area contributed by atoms with Crippen molar-refractivity contribution in [3.8, 4) is 5.75 Å². The van der Waals surface area contributed by atoms with Crippen molar-refractivity contribution in [2.75, 3.05) is 5.32 Å². The zero-order valence-corrected chi connectivity index (χ0v) is 15.0. The molecule has 26 heavy (non-hydrogen) atoms. The van der Waals surface area contributed by atoms with Crippen LogP contribution in [0.3, 0.4) is 0 Å². The van der Waals surface area contributed by atoms with Gasteiger partial charge in [0, 0.05) is 5.39 Å². The largest absolute Gasteiger partial charge is 0.506 e. The Bertz CT molecular complexity index is 1030. The van der Waals surface area contributed by atoms with Gasteiger partial charge in [-0.15, -0.1) is 0 Å². The van der Waals surface area contributed by atoms with Gasteiger partial charge >= 0.3 is 0 Å². The quantitative estimate of drug-likeness (QED) is 0.632. The Morgan fingerprint density at radius 2 is 1.85 bits per heavy atom. The summed E-state index contributed by atoms with van der Waals surface area (Å²) in [4.78, 5) is 24.3. The van der Waals surface area contributed by atoms with Gasteiger partial charge in [0.2, 0.25) is 5.91 Å². The normalized spacial score (nSPS) is 11.5. The fourth-order valence-corrected chi connectivity index (χ4v) is 2.76. The van der Waals surface area contributed by atoms with Crippen molar-refractivity contribution in [1.82, 2.24) is 10.2 Å². The van der Waals surface area contributed by atoms with Gasteiger partial charge in [-0.3, -0.25) is 9.59 Å². The third kappa shape index (κ3) is 3.59. The Hall–Kier alpha value is -3.15. The first-order valence-corrected chi connectivity index (χ1v) is 8.35. The van der Waals surface area contributed by atoms with Gasteiger partial charge in [-0.05, 0) is 29.2 Å². The highest BCUT2D eigenvalue weighted by Gasteiger charge is 2.17.